The first-order chi connectivity index (χ1) is 8.78. The summed E-state index contributed by atoms with van der Waals surface area (Å²) in [6, 6.07) is 4.33. The Hall–Kier alpha value is -2.11. The fourth-order valence-electron chi connectivity index (χ4n) is 1.45. The molecule has 0 saturated heterocycles. The summed E-state index contributed by atoms with van der Waals surface area (Å²) in [5.41, 5.74) is -0.437. The molecule has 0 radical (unpaired) electrons. The van der Waals surface area contributed by atoms with Gasteiger partial charge in [0.2, 0.25) is 11.5 Å². The average molecular weight is 265 g/mol. The molecule has 0 aliphatic heterocycles. The van der Waals surface area contributed by atoms with E-state index in [0.717, 1.165) is 0 Å². The molecule has 1 aromatic rings. The topological polar surface area (TPSA) is 91.1 Å². The Kier molecular flexibility index (Phi) is 4.86. The van der Waals surface area contributed by atoms with Gasteiger partial charge in [-0.05, 0) is 26.8 Å². The molecule has 0 spiro atoms. The summed E-state index contributed by atoms with van der Waals surface area (Å²) in [5.74, 6) is -0.532. The second kappa shape index (κ2) is 6.17. The first-order valence-corrected chi connectivity index (χ1v) is 6.06. The molecule has 0 bridgehead atoms. The van der Waals surface area contributed by atoms with Gasteiger partial charge in [0.15, 0.2) is 0 Å². The number of hydrogen-bond acceptors (Lipinski definition) is 3. The van der Waals surface area contributed by atoms with E-state index in [-0.39, 0.29) is 35.7 Å². The minimum absolute atomic E-state index is 0.130. The summed E-state index contributed by atoms with van der Waals surface area (Å²) in [5, 5.41) is 5.37. The van der Waals surface area contributed by atoms with Gasteiger partial charge in [0.1, 0.15) is 5.69 Å². The molecule has 0 saturated carbocycles. The number of aromatic nitrogens is 1. The molecular formula is C13H19N3O3. The first-order valence-electron chi connectivity index (χ1n) is 6.06. The number of carbonyl (C=O) groups excluding carboxylic acids is 2. The lowest BCUT2D eigenvalue weighted by Gasteiger charge is -2.20. The molecule has 1 heterocycles. The molecule has 1 rings (SSSR count). The molecular weight excluding hydrogens is 246 g/mol. The number of aromatic amines is 1. The molecule has 0 unspecified atom stereocenters. The first kappa shape index (κ1) is 14.9. The molecule has 0 aliphatic rings. The maximum absolute atomic E-state index is 11.7. The smallest absolute Gasteiger partial charge is 0.267 e. The maximum Gasteiger partial charge on any atom is 0.267 e. The van der Waals surface area contributed by atoms with Gasteiger partial charge in [0.25, 0.3) is 5.91 Å². The Balaban J connectivity index is 2.40. The van der Waals surface area contributed by atoms with E-state index in [4.69, 9.17) is 0 Å². The highest BCUT2D eigenvalue weighted by Crippen LogP contribution is 1.98. The fraction of sp³-hybridized carbons (Fsp3) is 0.462. The van der Waals surface area contributed by atoms with Gasteiger partial charge >= 0.3 is 0 Å². The largest absolute Gasteiger partial charge is 0.351 e. The van der Waals surface area contributed by atoms with Crippen molar-refractivity contribution in [3.05, 3.63) is 34.2 Å². The van der Waals surface area contributed by atoms with Crippen molar-refractivity contribution in [3.63, 3.8) is 0 Å². The minimum atomic E-state index is -0.402. The van der Waals surface area contributed by atoms with Crippen LogP contribution in [0.1, 0.15) is 37.7 Å². The van der Waals surface area contributed by atoms with Gasteiger partial charge < -0.3 is 15.6 Å². The van der Waals surface area contributed by atoms with Crippen molar-refractivity contribution in [2.45, 2.75) is 32.7 Å². The Labute approximate surface area is 111 Å². The van der Waals surface area contributed by atoms with Crippen molar-refractivity contribution in [1.82, 2.24) is 15.6 Å². The van der Waals surface area contributed by atoms with Crippen LogP contribution in [0, 0.1) is 0 Å². The molecule has 0 fully saturated rings. The summed E-state index contributed by atoms with van der Waals surface area (Å²) in [4.78, 5) is 36.6. The van der Waals surface area contributed by atoms with E-state index in [0.29, 0.717) is 0 Å². The summed E-state index contributed by atoms with van der Waals surface area (Å²) in [6.07, 6.45) is 0.195. The minimum Gasteiger partial charge on any atom is -0.351 e. The third kappa shape index (κ3) is 5.85. The van der Waals surface area contributed by atoms with Crippen molar-refractivity contribution in [3.8, 4) is 0 Å². The van der Waals surface area contributed by atoms with Crippen LogP contribution in [0.25, 0.3) is 0 Å². The van der Waals surface area contributed by atoms with Crippen LogP contribution in [0.2, 0.25) is 0 Å². The standard InChI is InChI=1S/C13H19N3O3/c1-13(2,3)16-11(18)7-8-14-12(19)9-5-4-6-10(17)15-9/h4-6H,7-8H2,1-3H3,(H,14,19)(H,15,17)(H,16,18). The Bertz CT molecular complexity index is 514. The number of hydrogen-bond donors (Lipinski definition) is 3. The second-order valence-electron chi connectivity index (χ2n) is 5.23. The van der Waals surface area contributed by atoms with Crippen molar-refractivity contribution in [2.24, 2.45) is 0 Å². The predicted molar refractivity (Wildman–Crippen MR) is 71.9 cm³/mol. The lowest BCUT2D eigenvalue weighted by atomic mass is 10.1. The zero-order chi connectivity index (χ0) is 14.5. The van der Waals surface area contributed by atoms with Crippen LogP contribution in [0.3, 0.4) is 0 Å². The zero-order valence-electron chi connectivity index (χ0n) is 11.4. The molecule has 104 valence electrons. The highest BCUT2D eigenvalue weighted by Gasteiger charge is 2.13. The summed E-state index contributed by atoms with van der Waals surface area (Å²) in [7, 11) is 0. The predicted octanol–water partition coefficient (Wildman–Crippen LogP) is 0.409. The summed E-state index contributed by atoms with van der Waals surface area (Å²) < 4.78 is 0. The molecule has 19 heavy (non-hydrogen) atoms. The second-order valence-corrected chi connectivity index (χ2v) is 5.23. The lowest BCUT2D eigenvalue weighted by Crippen LogP contribution is -2.42. The van der Waals surface area contributed by atoms with Crippen LogP contribution in [-0.4, -0.2) is 28.9 Å². The van der Waals surface area contributed by atoms with Crippen molar-refractivity contribution >= 4 is 11.8 Å². The molecule has 0 aliphatic carbocycles. The van der Waals surface area contributed by atoms with E-state index in [2.05, 4.69) is 15.6 Å². The lowest BCUT2D eigenvalue weighted by molar-refractivity contribution is -0.122. The summed E-state index contributed by atoms with van der Waals surface area (Å²) >= 11 is 0. The molecule has 6 nitrogen and oxygen atoms in total. The van der Waals surface area contributed by atoms with Crippen LogP contribution < -0.4 is 16.2 Å². The number of rotatable bonds is 4. The molecule has 0 atom stereocenters. The van der Waals surface area contributed by atoms with E-state index >= 15 is 0 Å². The van der Waals surface area contributed by atoms with Crippen LogP contribution in [0.15, 0.2) is 23.0 Å². The number of amides is 2. The van der Waals surface area contributed by atoms with Gasteiger partial charge in [-0.1, -0.05) is 6.07 Å². The highest BCUT2D eigenvalue weighted by atomic mass is 16.2. The van der Waals surface area contributed by atoms with Crippen molar-refractivity contribution < 1.29 is 9.59 Å². The maximum atomic E-state index is 11.7. The molecule has 2 amide bonds. The van der Waals surface area contributed by atoms with Crippen molar-refractivity contribution in [1.29, 1.82) is 0 Å². The van der Waals surface area contributed by atoms with E-state index < -0.39 is 5.91 Å². The van der Waals surface area contributed by atoms with E-state index in [1.165, 1.54) is 18.2 Å². The van der Waals surface area contributed by atoms with Gasteiger partial charge in [-0.2, -0.15) is 0 Å². The highest BCUT2D eigenvalue weighted by molar-refractivity contribution is 5.92. The Morgan fingerprint density at radius 3 is 2.53 bits per heavy atom. The SMILES string of the molecule is CC(C)(C)NC(=O)CCNC(=O)c1cccc(=O)[nH]1. The number of nitrogens with one attached hydrogen (secondary N) is 3. The van der Waals surface area contributed by atoms with Crippen LogP contribution >= 0.6 is 0 Å². The van der Waals surface area contributed by atoms with Gasteiger partial charge in [-0.3, -0.25) is 14.4 Å². The molecule has 0 aromatic carbocycles. The summed E-state index contributed by atoms with van der Waals surface area (Å²) in [6.45, 7) is 5.88. The normalized spacial score (nSPS) is 10.9. The molecule has 3 N–H and O–H groups in total. The number of pyridine rings is 1. The van der Waals surface area contributed by atoms with E-state index in [1.807, 2.05) is 20.8 Å². The fourth-order valence-corrected chi connectivity index (χ4v) is 1.45. The van der Waals surface area contributed by atoms with E-state index in [9.17, 15) is 14.4 Å². The van der Waals surface area contributed by atoms with E-state index in [1.54, 1.807) is 0 Å². The van der Waals surface area contributed by atoms with Gasteiger partial charge in [-0.15, -0.1) is 0 Å². The number of carbonyl (C=O) groups is 2. The van der Waals surface area contributed by atoms with Crippen LogP contribution in [0.4, 0.5) is 0 Å². The average Bonchev–Trinajstić information content (AvgIpc) is 2.26. The molecule has 6 heteroatoms. The van der Waals surface area contributed by atoms with Crippen LogP contribution in [0.5, 0.6) is 0 Å². The monoisotopic (exact) mass is 265 g/mol. The third-order valence-corrected chi connectivity index (χ3v) is 2.17. The molecule has 1 aromatic heterocycles. The van der Waals surface area contributed by atoms with Gasteiger partial charge in [0.05, 0.1) is 0 Å². The quantitative estimate of drug-likeness (QED) is 0.736. The van der Waals surface area contributed by atoms with Crippen LogP contribution in [-0.2, 0) is 4.79 Å². The Morgan fingerprint density at radius 1 is 1.26 bits per heavy atom. The number of H-pyrrole nitrogens is 1. The zero-order valence-corrected chi connectivity index (χ0v) is 11.4. The third-order valence-electron chi connectivity index (χ3n) is 2.17. The van der Waals surface area contributed by atoms with Gasteiger partial charge in [-0.25, -0.2) is 0 Å². The van der Waals surface area contributed by atoms with Crippen molar-refractivity contribution in [2.75, 3.05) is 6.54 Å². The Morgan fingerprint density at radius 2 is 1.95 bits per heavy atom. The van der Waals surface area contributed by atoms with Gasteiger partial charge in [0, 0.05) is 24.6 Å².